The van der Waals surface area contributed by atoms with Crippen molar-refractivity contribution in [1.82, 2.24) is 25.1 Å². The van der Waals surface area contributed by atoms with Gasteiger partial charge in [0.05, 0.1) is 17.0 Å². The van der Waals surface area contributed by atoms with Crippen LogP contribution in [-0.4, -0.2) is 31.1 Å². The zero-order valence-corrected chi connectivity index (χ0v) is 20.0. The fraction of sp³-hybridized carbons (Fsp3) is 0. The summed E-state index contributed by atoms with van der Waals surface area (Å²) >= 11 is 14.0. The minimum atomic E-state index is -0.338. The maximum Gasteiger partial charge on any atom is 0.258 e. The highest BCUT2D eigenvalue weighted by atomic mass is 35.5. The van der Waals surface area contributed by atoms with E-state index in [4.69, 9.17) is 29.8 Å². The number of aromatic amines is 1. The van der Waals surface area contributed by atoms with Crippen molar-refractivity contribution >= 4 is 52.0 Å². The number of carbonyl (C=O) groups is 1. The van der Waals surface area contributed by atoms with Gasteiger partial charge >= 0.3 is 0 Å². The number of halogens is 2. The fourth-order valence-electron chi connectivity index (χ4n) is 3.48. The molecule has 0 bridgehead atoms. The van der Waals surface area contributed by atoms with Gasteiger partial charge in [0, 0.05) is 39.1 Å². The van der Waals surface area contributed by atoms with Crippen LogP contribution in [0.25, 0.3) is 37.1 Å². The molecule has 4 heterocycles. The highest BCUT2D eigenvalue weighted by Crippen LogP contribution is 2.53. The van der Waals surface area contributed by atoms with Gasteiger partial charge in [-0.15, -0.1) is 21.5 Å². The Morgan fingerprint density at radius 1 is 1.11 bits per heavy atom. The third kappa shape index (κ3) is 4.50. The summed E-state index contributed by atoms with van der Waals surface area (Å²) in [5, 5.41) is 11.7. The number of nitrogens with one attached hydrogen (secondary N) is 2. The number of carbonyl (C=O) groups excluding carboxylic acids is 1. The number of anilines is 1. The molecule has 35 heavy (non-hydrogen) atoms. The van der Waals surface area contributed by atoms with Crippen molar-refractivity contribution < 1.29 is 4.79 Å². The van der Waals surface area contributed by atoms with Crippen molar-refractivity contribution in [2.75, 3.05) is 5.32 Å². The van der Waals surface area contributed by atoms with Gasteiger partial charge in [0.1, 0.15) is 12.1 Å². The van der Waals surface area contributed by atoms with E-state index in [-0.39, 0.29) is 5.91 Å². The minimum absolute atomic E-state index is 0.338. The Kier molecular flexibility index (Phi) is 6.25. The van der Waals surface area contributed by atoms with E-state index in [1.807, 2.05) is 0 Å². The van der Waals surface area contributed by atoms with Gasteiger partial charge in [-0.05, 0) is 47.5 Å². The molecule has 5 aromatic rings. The van der Waals surface area contributed by atoms with Crippen LogP contribution >= 0.6 is 34.5 Å². The van der Waals surface area contributed by atoms with Gasteiger partial charge in [-0.1, -0.05) is 29.3 Å². The molecular formula is C24H13Cl2N7OS. The molecule has 0 radical (unpaired) electrons. The molecule has 0 saturated carbocycles. The lowest BCUT2D eigenvalue weighted by molar-refractivity contribution is 0.102. The van der Waals surface area contributed by atoms with Crippen molar-refractivity contribution in [2.45, 2.75) is 0 Å². The Balaban J connectivity index is 1.63. The maximum absolute atomic E-state index is 12.6. The van der Waals surface area contributed by atoms with E-state index in [2.05, 4.69) is 35.3 Å². The third-order valence-electron chi connectivity index (χ3n) is 5.01. The van der Waals surface area contributed by atoms with Crippen molar-refractivity contribution in [3.8, 4) is 32.3 Å². The summed E-state index contributed by atoms with van der Waals surface area (Å²) in [6, 6.07) is 12.0. The molecule has 0 aliphatic carbocycles. The van der Waals surface area contributed by atoms with E-state index in [1.165, 1.54) is 23.9 Å². The monoisotopic (exact) mass is 517 g/mol. The predicted molar refractivity (Wildman–Crippen MR) is 137 cm³/mol. The molecule has 4 aromatic heterocycles. The summed E-state index contributed by atoms with van der Waals surface area (Å²) in [7, 11) is 0. The number of hydrogen-bond acceptors (Lipinski definition) is 6. The summed E-state index contributed by atoms with van der Waals surface area (Å²) < 4.78 is 0. The first-order valence-electron chi connectivity index (χ1n) is 10.1. The molecule has 2 N–H and O–H groups in total. The number of pyridine rings is 2. The first-order chi connectivity index (χ1) is 17.0. The summed E-state index contributed by atoms with van der Waals surface area (Å²) in [5.41, 5.74) is 2.77. The summed E-state index contributed by atoms with van der Waals surface area (Å²) in [4.78, 5) is 29.0. The molecule has 0 spiro atoms. The van der Waals surface area contributed by atoms with Gasteiger partial charge in [0.25, 0.3) is 5.91 Å². The molecule has 1 amide bonds. The fourth-order valence-corrected chi connectivity index (χ4v) is 5.18. The predicted octanol–water partition coefficient (Wildman–Crippen LogP) is 6.77. The average Bonchev–Trinajstić information content (AvgIpc) is 3.53. The minimum Gasteiger partial charge on any atom is -0.327 e. The van der Waals surface area contributed by atoms with Crippen LogP contribution in [0.1, 0.15) is 10.4 Å². The summed E-state index contributed by atoms with van der Waals surface area (Å²) in [6.45, 7) is 7.98. The second-order valence-corrected chi connectivity index (χ2v) is 9.05. The number of H-pyrrole nitrogens is 1. The van der Waals surface area contributed by atoms with Crippen LogP contribution in [0, 0.1) is 6.57 Å². The Hall–Kier alpha value is -4.10. The Bertz CT molecular complexity index is 1580. The Morgan fingerprint density at radius 2 is 2.00 bits per heavy atom. The van der Waals surface area contributed by atoms with Gasteiger partial charge < -0.3 is 10.3 Å². The molecule has 170 valence electrons. The van der Waals surface area contributed by atoms with Crippen LogP contribution < -0.4 is 5.32 Å². The lowest BCUT2D eigenvalue weighted by atomic mass is 10.0. The van der Waals surface area contributed by atoms with Crippen molar-refractivity contribution in [1.29, 1.82) is 0 Å². The zero-order valence-electron chi connectivity index (χ0n) is 17.7. The van der Waals surface area contributed by atoms with Crippen molar-refractivity contribution in [2.24, 2.45) is 0 Å². The average molecular weight is 518 g/mol. The van der Waals surface area contributed by atoms with Crippen LogP contribution in [0.15, 0.2) is 67.4 Å². The molecule has 0 aliphatic heterocycles. The molecule has 0 atom stereocenters. The molecule has 0 unspecified atom stereocenters. The normalized spacial score (nSPS) is 10.7. The van der Waals surface area contributed by atoms with E-state index < -0.39 is 0 Å². The van der Waals surface area contributed by atoms with Gasteiger partial charge in [0.15, 0.2) is 5.82 Å². The zero-order chi connectivity index (χ0) is 24.4. The van der Waals surface area contributed by atoms with E-state index in [0.29, 0.717) is 59.4 Å². The first-order valence-corrected chi connectivity index (χ1v) is 11.7. The second kappa shape index (κ2) is 9.64. The lowest BCUT2D eigenvalue weighted by Crippen LogP contribution is -2.12. The molecule has 0 fully saturated rings. The maximum atomic E-state index is 12.6. The highest BCUT2D eigenvalue weighted by Gasteiger charge is 2.25. The number of benzene rings is 1. The molecule has 1 aromatic carbocycles. The smallest absolute Gasteiger partial charge is 0.258 e. The Morgan fingerprint density at radius 3 is 2.71 bits per heavy atom. The molecule has 0 saturated heterocycles. The van der Waals surface area contributed by atoms with E-state index in [1.54, 1.807) is 54.9 Å². The van der Waals surface area contributed by atoms with E-state index >= 15 is 0 Å². The third-order valence-corrected chi connectivity index (χ3v) is 6.80. The number of rotatable bonds is 5. The van der Waals surface area contributed by atoms with Crippen LogP contribution in [0.3, 0.4) is 0 Å². The first kappa shape index (κ1) is 22.7. The molecule has 5 rings (SSSR count). The van der Waals surface area contributed by atoms with Crippen LogP contribution in [-0.2, 0) is 0 Å². The molecular weight excluding hydrogens is 505 g/mol. The van der Waals surface area contributed by atoms with Crippen LogP contribution in [0.4, 0.5) is 11.5 Å². The second-order valence-electron chi connectivity index (χ2n) is 7.18. The van der Waals surface area contributed by atoms with Crippen LogP contribution in [0.5, 0.6) is 0 Å². The highest BCUT2D eigenvalue weighted by molar-refractivity contribution is 7.20. The topological polar surface area (TPSA) is 101 Å². The van der Waals surface area contributed by atoms with Gasteiger partial charge in [-0.3, -0.25) is 9.78 Å². The number of hydrogen-bond donors (Lipinski definition) is 2. The standard InChI is InChI=1S/C24H13Cl2N7OS/c1-27-20-19(16-5-4-15(25)10-17(16)26)22(23-30-12-31-33-23)35-21(20)13-6-8-29-18(9-13)32-24(34)14-3-2-7-28-11-14/h2-12H,(H,29,32,34)(H,30,31,33). The Labute approximate surface area is 213 Å². The van der Waals surface area contributed by atoms with Crippen molar-refractivity contribution in [3.63, 3.8) is 0 Å². The van der Waals surface area contributed by atoms with Gasteiger partial charge in [0.2, 0.25) is 5.69 Å². The lowest BCUT2D eigenvalue weighted by Gasteiger charge is -2.08. The van der Waals surface area contributed by atoms with E-state index in [9.17, 15) is 4.79 Å². The van der Waals surface area contributed by atoms with Gasteiger partial charge in [-0.2, -0.15) is 0 Å². The quantitative estimate of drug-likeness (QED) is 0.250. The van der Waals surface area contributed by atoms with Crippen LogP contribution in [0.2, 0.25) is 10.0 Å². The number of amides is 1. The number of thiophene rings is 1. The molecule has 0 aliphatic rings. The van der Waals surface area contributed by atoms with Gasteiger partial charge in [-0.25, -0.2) is 9.83 Å². The van der Waals surface area contributed by atoms with Crippen molar-refractivity contribution in [3.05, 3.63) is 94.4 Å². The SMILES string of the molecule is [C-]#[N+]c1c(-c2ccnc(NC(=O)c3cccnc3)c2)sc(-c2nnc[nH]2)c1-c1ccc(Cl)cc1Cl. The molecule has 11 heteroatoms. The summed E-state index contributed by atoms with van der Waals surface area (Å²) in [5.74, 6) is 0.509. The summed E-state index contributed by atoms with van der Waals surface area (Å²) in [6.07, 6.45) is 6.11. The molecule has 8 nitrogen and oxygen atoms in total. The number of nitrogens with zero attached hydrogens (tertiary/aromatic N) is 5. The van der Waals surface area contributed by atoms with E-state index in [0.717, 1.165) is 0 Å². The number of aromatic nitrogens is 5. The largest absolute Gasteiger partial charge is 0.327 e.